The average molecular weight is 311 g/mol. The first-order chi connectivity index (χ1) is 11.1. The van der Waals surface area contributed by atoms with E-state index in [4.69, 9.17) is 0 Å². The van der Waals surface area contributed by atoms with Crippen molar-refractivity contribution >= 4 is 22.5 Å². The normalized spacial score (nSPS) is 10.7. The lowest BCUT2D eigenvalue weighted by molar-refractivity contribution is 0.101. The molecular formula is C17H14FN3O2. The number of rotatable bonds is 3. The highest BCUT2D eigenvalue weighted by molar-refractivity contribution is 6.04. The number of hydrogen-bond acceptors (Lipinski definition) is 3. The first-order valence-corrected chi connectivity index (χ1v) is 7.17. The lowest BCUT2D eigenvalue weighted by Gasteiger charge is -2.10. The van der Waals surface area contributed by atoms with Crippen LogP contribution in [-0.4, -0.2) is 15.7 Å². The number of carbonyl (C=O) groups is 1. The van der Waals surface area contributed by atoms with Crippen LogP contribution in [0.5, 0.6) is 0 Å². The first kappa shape index (κ1) is 14.9. The molecule has 23 heavy (non-hydrogen) atoms. The van der Waals surface area contributed by atoms with E-state index in [1.54, 1.807) is 35.0 Å². The molecule has 0 radical (unpaired) electrons. The number of halogens is 1. The molecule has 5 nitrogen and oxygen atoms in total. The van der Waals surface area contributed by atoms with Crippen molar-refractivity contribution < 1.29 is 9.18 Å². The summed E-state index contributed by atoms with van der Waals surface area (Å²) in [5.74, 6) is -1.30. The van der Waals surface area contributed by atoms with Crippen LogP contribution in [0.2, 0.25) is 0 Å². The van der Waals surface area contributed by atoms with E-state index in [2.05, 4.69) is 10.4 Å². The van der Waals surface area contributed by atoms with Crippen molar-refractivity contribution in [2.75, 3.05) is 5.32 Å². The standard InChI is InChI=1S/C17H14FN3O2/c1-2-21-14-10-6-3-7-11(14)16(22)15(20-21)17(23)19-13-9-5-4-8-12(13)18/h3-10H,2H2,1H3,(H,19,23). The molecule has 3 rings (SSSR count). The molecule has 0 aliphatic carbocycles. The Morgan fingerprint density at radius 3 is 2.61 bits per heavy atom. The molecule has 0 atom stereocenters. The molecule has 0 saturated carbocycles. The largest absolute Gasteiger partial charge is 0.318 e. The number of aryl methyl sites for hydroxylation is 1. The minimum atomic E-state index is -0.729. The van der Waals surface area contributed by atoms with Crippen LogP contribution in [0.3, 0.4) is 0 Å². The van der Waals surface area contributed by atoms with Crippen LogP contribution in [0.25, 0.3) is 10.9 Å². The Labute approximate surface area is 131 Å². The highest BCUT2D eigenvalue weighted by Crippen LogP contribution is 2.14. The van der Waals surface area contributed by atoms with Crippen molar-refractivity contribution in [3.63, 3.8) is 0 Å². The second kappa shape index (κ2) is 6.00. The Bertz CT molecular complexity index is 950. The van der Waals surface area contributed by atoms with Gasteiger partial charge >= 0.3 is 0 Å². The van der Waals surface area contributed by atoms with Crippen LogP contribution < -0.4 is 10.7 Å². The van der Waals surface area contributed by atoms with Crippen molar-refractivity contribution in [1.29, 1.82) is 0 Å². The molecule has 116 valence electrons. The summed E-state index contributed by atoms with van der Waals surface area (Å²) in [6.45, 7) is 2.36. The van der Waals surface area contributed by atoms with E-state index in [1.807, 2.05) is 6.92 Å². The fraction of sp³-hybridized carbons (Fsp3) is 0.118. The smallest absolute Gasteiger partial charge is 0.280 e. The number of anilines is 1. The van der Waals surface area contributed by atoms with Crippen LogP contribution in [0.4, 0.5) is 10.1 Å². The van der Waals surface area contributed by atoms with Gasteiger partial charge < -0.3 is 5.32 Å². The minimum absolute atomic E-state index is 0.00917. The van der Waals surface area contributed by atoms with E-state index >= 15 is 0 Å². The van der Waals surface area contributed by atoms with Crippen molar-refractivity contribution in [2.45, 2.75) is 13.5 Å². The van der Waals surface area contributed by atoms with Crippen molar-refractivity contribution in [3.05, 3.63) is 70.3 Å². The number of benzene rings is 2. The third-order valence-electron chi connectivity index (χ3n) is 3.50. The predicted molar refractivity (Wildman–Crippen MR) is 86.0 cm³/mol. The number of hydrogen-bond donors (Lipinski definition) is 1. The van der Waals surface area contributed by atoms with Gasteiger partial charge in [-0.2, -0.15) is 5.10 Å². The second-order valence-corrected chi connectivity index (χ2v) is 4.94. The number of amides is 1. The summed E-state index contributed by atoms with van der Waals surface area (Å²) in [6, 6.07) is 12.7. The average Bonchev–Trinajstić information content (AvgIpc) is 2.57. The van der Waals surface area contributed by atoms with E-state index in [1.165, 1.54) is 18.2 Å². The molecule has 0 spiro atoms. The van der Waals surface area contributed by atoms with Gasteiger partial charge in [0, 0.05) is 11.9 Å². The fourth-order valence-corrected chi connectivity index (χ4v) is 2.37. The number of para-hydroxylation sites is 2. The number of carbonyl (C=O) groups excluding carboxylic acids is 1. The van der Waals surface area contributed by atoms with E-state index in [-0.39, 0.29) is 11.4 Å². The van der Waals surface area contributed by atoms with Gasteiger partial charge in [-0.1, -0.05) is 24.3 Å². The molecule has 0 saturated heterocycles. The Balaban J connectivity index is 2.09. The van der Waals surface area contributed by atoms with Crippen LogP contribution in [0.15, 0.2) is 53.3 Å². The van der Waals surface area contributed by atoms with Gasteiger partial charge in [-0.3, -0.25) is 14.3 Å². The summed E-state index contributed by atoms with van der Waals surface area (Å²) in [7, 11) is 0. The number of aromatic nitrogens is 2. The Morgan fingerprint density at radius 1 is 1.17 bits per heavy atom. The molecule has 0 aliphatic rings. The molecule has 0 unspecified atom stereocenters. The van der Waals surface area contributed by atoms with Gasteiger partial charge in [-0.05, 0) is 31.2 Å². The third-order valence-corrected chi connectivity index (χ3v) is 3.50. The summed E-state index contributed by atoms with van der Waals surface area (Å²) in [6.07, 6.45) is 0. The minimum Gasteiger partial charge on any atom is -0.318 e. The highest BCUT2D eigenvalue weighted by atomic mass is 19.1. The zero-order chi connectivity index (χ0) is 16.4. The van der Waals surface area contributed by atoms with Crippen molar-refractivity contribution in [3.8, 4) is 0 Å². The quantitative estimate of drug-likeness (QED) is 0.809. The van der Waals surface area contributed by atoms with Gasteiger partial charge in [-0.25, -0.2) is 4.39 Å². The SMILES string of the molecule is CCn1nc(C(=O)Nc2ccccc2F)c(=O)c2ccccc21. The van der Waals surface area contributed by atoms with Crippen LogP contribution in [0.1, 0.15) is 17.4 Å². The summed E-state index contributed by atoms with van der Waals surface area (Å²) >= 11 is 0. The van der Waals surface area contributed by atoms with Gasteiger partial charge in [0.15, 0.2) is 5.69 Å². The maximum absolute atomic E-state index is 13.6. The molecule has 3 aromatic rings. The topological polar surface area (TPSA) is 64.0 Å². The van der Waals surface area contributed by atoms with E-state index in [0.717, 1.165) is 0 Å². The molecular weight excluding hydrogens is 297 g/mol. The third kappa shape index (κ3) is 2.70. The van der Waals surface area contributed by atoms with Crippen LogP contribution in [0, 0.1) is 5.82 Å². The number of fused-ring (bicyclic) bond motifs is 1. The highest BCUT2D eigenvalue weighted by Gasteiger charge is 2.18. The molecule has 1 heterocycles. The molecule has 0 aliphatic heterocycles. The second-order valence-electron chi connectivity index (χ2n) is 4.94. The monoisotopic (exact) mass is 311 g/mol. The van der Waals surface area contributed by atoms with Crippen molar-refractivity contribution in [2.24, 2.45) is 0 Å². The van der Waals surface area contributed by atoms with Gasteiger partial charge in [0.2, 0.25) is 5.43 Å². The Kier molecular flexibility index (Phi) is 3.89. The lowest BCUT2D eigenvalue weighted by atomic mass is 10.2. The predicted octanol–water partition coefficient (Wildman–Crippen LogP) is 2.81. The zero-order valence-corrected chi connectivity index (χ0v) is 12.4. The van der Waals surface area contributed by atoms with Gasteiger partial charge in [-0.15, -0.1) is 0 Å². The van der Waals surface area contributed by atoms with Gasteiger partial charge in [0.1, 0.15) is 5.82 Å². The summed E-state index contributed by atoms with van der Waals surface area (Å²) in [4.78, 5) is 24.8. The fourth-order valence-electron chi connectivity index (χ4n) is 2.37. The zero-order valence-electron chi connectivity index (χ0n) is 12.4. The van der Waals surface area contributed by atoms with Gasteiger partial charge in [0.25, 0.3) is 5.91 Å². The molecule has 0 fully saturated rings. The molecule has 6 heteroatoms. The molecule has 0 bridgehead atoms. The first-order valence-electron chi connectivity index (χ1n) is 7.17. The van der Waals surface area contributed by atoms with Gasteiger partial charge in [0.05, 0.1) is 11.2 Å². The molecule has 2 aromatic carbocycles. The lowest BCUT2D eigenvalue weighted by Crippen LogP contribution is -2.27. The number of nitrogens with zero attached hydrogens (tertiary/aromatic N) is 2. The maximum atomic E-state index is 13.6. The Morgan fingerprint density at radius 2 is 1.87 bits per heavy atom. The molecule has 1 aromatic heterocycles. The van der Waals surface area contributed by atoms with Crippen molar-refractivity contribution in [1.82, 2.24) is 9.78 Å². The van der Waals surface area contributed by atoms with Crippen LogP contribution >= 0.6 is 0 Å². The van der Waals surface area contributed by atoms with Crippen LogP contribution in [-0.2, 0) is 6.54 Å². The van der Waals surface area contributed by atoms with E-state index in [0.29, 0.717) is 17.4 Å². The molecule has 1 amide bonds. The maximum Gasteiger partial charge on any atom is 0.280 e. The summed E-state index contributed by atoms with van der Waals surface area (Å²) in [5, 5.41) is 6.91. The number of nitrogens with one attached hydrogen (secondary N) is 1. The Hall–Kier alpha value is -3.02. The van der Waals surface area contributed by atoms with E-state index in [9.17, 15) is 14.0 Å². The molecule has 1 N–H and O–H groups in total. The summed E-state index contributed by atoms with van der Waals surface area (Å²) in [5.41, 5.74) is -0.0645. The summed E-state index contributed by atoms with van der Waals surface area (Å²) < 4.78 is 15.2. The van der Waals surface area contributed by atoms with E-state index < -0.39 is 17.2 Å².